The monoisotopic (exact) mass is 544 g/mol. The first-order valence-electron chi connectivity index (χ1n) is 14.3. The molecule has 3 unspecified atom stereocenters. The summed E-state index contributed by atoms with van der Waals surface area (Å²) in [6.45, 7) is 5.18. The quantitative estimate of drug-likeness (QED) is 0.165. The highest BCUT2D eigenvalue weighted by atomic mass is 16.6. The number of carbonyl (C=O) groups excluding carboxylic acids is 4. The zero-order valence-electron chi connectivity index (χ0n) is 22.8. The fraction of sp³-hybridized carbons (Fsp3) is 0.714. The number of esters is 1. The smallest absolute Gasteiger partial charge is 0.306 e. The SMILES string of the molecule is CCCOCCn1nnc2c1CCC1C(CC2)C1OC(=O)CCCOCCCC(=O)CCN1C(=O)C=CC1=O. The Morgan fingerprint density at radius 3 is 2.33 bits per heavy atom. The number of nitrogens with zero attached hydrogens (tertiary/aromatic N) is 4. The van der Waals surface area contributed by atoms with Gasteiger partial charge in [-0.2, -0.15) is 0 Å². The van der Waals surface area contributed by atoms with Gasteiger partial charge in [0.15, 0.2) is 0 Å². The van der Waals surface area contributed by atoms with E-state index in [9.17, 15) is 19.2 Å². The van der Waals surface area contributed by atoms with Crippen LogP contribution in [0.1, 0.15) is 69.7 Å². The Kier molecular flexibility index (Phi) is 10.8. The van der Waals surface area contributed by atoms with Gasteiger partial charge in [-0.15, -0.1) is 5.10 Å². The molecule has 1 aliphatic heterocycles. The number of aryl methyl sites for hydroxylation is 1. The summed E-state index contributed by atoms with van der Waals surface area (Å²) in [5, 5.41) is 8.73. The molecule has 1 aromatic rings. The van der Waals surface area contributed by atoms with E-state index in [0.717, 1.165) is 49.3 Å². The Hall–Kier alpha value is -2.92. The van der Waals surface area contributed by atoms with Gasteiger partial charge in [0.1, 0.15) is 11.9 Å². The molecule has 4 rings (SSSR count). The lowest BCUT2D eigenvalue weighted by Crippen LogP contribution is -2.32. The molecule has 1 aromatic heterocycles. The summed E-state index contributed by atoms with van der Waals surface area (Å²) in [4.78, 5) is 48.4. The number of Topliss-reactive ketones (excluding diaryl/α,β-unsaturated/α-hetero) is 1. The molecule has 2 aliphatic carbocycles. The molecule has 3 aliphatic rings. The second kappa shape index (κ2) is 14.5. The number of ketones is 1. The van der Waals surface area contributed by atoms with Crippen LogP contribution < -0.4 is 0 Å². The van der Waals surface area contributed by atoms with Gasteiger partial charge < -0.3 is 14.2 Å². The number of ether oxygens (including phenoxy) is 3. The van der Waals surface area contributed by atoms with Gasteiger partial charge >= 0.3 is 5.97 Å². The number of hydrogen-bond acceptors (Lipinski definition) is 9. The third-order valence-electron chi connectivity index (χ3n) is 7.59. The molecule has 0 aromatic carbocycles. The summed E-state index contributed by atoms with van der Waals surface area (Å²) < 4.78 is 18.9. The van der Waals surface area contributed by atoms with E-state index in [1.165, 1.54) is 17.8 Å². The second-order valence-corrected chi connectivity index (χ2v) is 10.4. The highest BCUT2D eigenvalue weighted by Crippen LogP contribution is 2.49. The Morgan fingerprint density at radius 2 is 1.59 bits per heavy atom. The van der Waals surface area contributed by atoms with Gasteiger partial charge in [-0.05, 0) is 44.9 Å². The van der Waals surface area contributed by atoms with E-state index < -0.39 is 0 Å². The van der Waals surface area contributed by atoms with Crippen LogP contribution in [0, 0.1) is 11.8 Å². The van der Waals surface area contributed by atoms with Gasteiger partial charge in [0, 0.05) is 69.6 Å². The molecule has 11 nitrogen and oxygen atoms in total. The molecule has 214 valence electrons. The zero-order chi connectivity index (χ0) is 27.6. The molecule has 0 saturated heterocycles. The molecule has 2 amide bonds. The number of fused-ring (bicyclic) bond motifs is 2. The average Bonchev–Trinajstić information content (AvgIpc) is 3.20. The number of imide groups is 1. The summed E-state index contributed by atoms with van der Waals surface area (Å²) in [7, 11) is 0. The first kappa shape index (κ1) is 29.1. The summed E-state index contributed by atoms with van der Waals surface area (Å²) in [5.41, 5.74) is 2.26. The summed E-state index contributed by atoms with van der Waals surface area (Å²) >= 11 is 0. The summed E-state index contributed by atoms with van der Waals surface area (Å²) in [6.07, 6.45) is 9.08. The van der Waals surface area contributed by atoms with Crippen LogP contribution in [-0.4, -0.2) is 82.5 Å². The molecule has 3 atom stereocenters. The first-order valence-corrected chi connectivity index (χ1v) is 14.3. The van der Waals surface area contributed by atoms with Crippen LogP contribution in [0.25, 0.3) is 0 Å². The Balaban J connectivity index is 1.03. The van der Waals surface area contributed by atoms with Crippen molar-refractivity contribution in [2.24, 2.45) is 11.8 Å². The van der Waals surface area contributed by atoms with Crippen LogP contribution >= 0.6 is 0 Å². The fourth-order valence-electron chi connectivity index (χ4n) is 5.38. The topological polar surface area (TPSA) is 130 Å². The molecule has 0 spiro atoms. The second-order valence-electron chi connectivity index (χ2n) is 10.4. The Bertz CT molecular complexity index is 1030. The van der Waals surface area contributed by atoms with E-state index >= 15 is 0 Å². The van der Waals surface area contributed by atoms with Crippen molar-refractivity contribution in [1.82, 2.24) is 19.9 Å². The van der Waals surface area contributed by atoms with Gasteiger partial charge in [-0.1, -0.05) is 12.1 Å². The van der Waals surface area contributed by atoms with Crippen molar-refractivity contribution in [1.29, 1.82) is 0 Å². The number of aromatic nitrogens is 3. The number of amides is 2. The molecule has 0 bridgehead atoms. The van der Waals surface area contributed by atoms with Gasteiger partial charge in [-0.3, -0.25) is 24.1 Å². The van der Waals surface area contributed by atoms with Gasteiger partial charge in [-0.25, -0.2) is 4.68 Å². The molecular weight excluding hydrogens is 504 g/mol. The lowest BCUT2D eigenvalue weighted by molar-refractivity contribution is -0.146. The standard InChI is InChI=1S/C28H40N4O7/c1-2-16-37-19-15-32-24-10-8-22-21(7-9-23(24)29-30-32)28(22)39-27(36)6-4-18-38-17-3-5-20(33)13-14-31-25(34)11-12-26(31)35/h11-12,21-22,28H,2-10,13-19H2,1H3. The molecule has 11 heteroatoms. The molecule has 1 saturated carbocycles. The van der Waals surface area contributed by atoms with Gasteiger partial charge in [0.05, 0.1) is 24.5 Å². The van der Waals surface area contributed by atoms with Crippen molar-refractivity contribution in [2.45, 2.75) is 83.8 Å². The Morgan fingerprint density at radius 1 is 0.897 bits per heavy atom. The van der Waals surface area contributed by atoms with Crippen LogP contribution in [0.3, 0.4) is 0 Å². The van der Waals surface area contributed by atoms with Crippen LogP contribution in [0.2, 0.25) is 0 Å². The van der Waals surface area contributed by atoms with Crippen LogP contribution in [0.5, 0.6) is 0 Å². The van der Waals surface area contributed by atoms with Gasteiger partial charge in [0.25, 0.3) is 11.8 Å². The third-order valence-corrected chi connectivity index (χ3v) is 7.59. The van der Waals surface area contributed by atoms with Gasteiger partial charge in [0.2, 0.25) is 0 Å². The maximum atomic E-state index is 12.4. The number of hydrogen-bond donors (Lipinski definition) is 0. The molecule has 2 heterocycles. The molecule has 0 radical (unpaired) electrons. The molecule has 0 N–H and O–H groups in total. The lowest BCUT2D eigenvalue weighted by Gasteiger charge is -2.12. The zero-order valence-corrected chi connectivity index (χ0v) is 22.8. The van der Waals surface area contributed by atoms with E-state index in [0.29, 0.717) is 63.9 Å². The normalized spacial score (nSPS) is 21.9. The number of rotatable bonds is 17. The van der Waals surface area contributed by atoms with E-state index in [1.807, 2.05) is 4.68 Å². The van der Waals surface area contributed by atoms with Crippen LogP contribution in [0.4, 0.5) is 0 Å². The maximum Gasteiger partial charge on any atom is 0.306 e. The largest absolute Gasteiger partial charge is 0.462 e. The highest BCUT2D eigenvalue weighted by molar-refractivity contribution is 6.13. The Labute approximate surface area is 229 Å². The molecular formula is C28H40N4O7. The predicted octanol–water partition coefficient (Wildman–Crippen LogP) is 2.20. The van der Waals surface area contributed by atoms with Crippen LogP contribution in [-0.2, 0) is 52.8 Å². The van der Waals surface area contributed by atoms with Crippen molar-refractivity contribution < 1.29 is 33.4 Å². The molecule has 1 fully saturated rings. The van der Waals surface area contributed by atoms with Crippen molar-refractivity contribution in [2.75, 3.05) is 33.0 Å². The minimum absolute atomic E-state index is 0.00432. The van der Waals surface area contributed by atoms with Crippen LogP contribution in [0.15, 0.2) is 12.2 Å². The highest BCUT2D eigenvalue weighted by Gasteiger charge is 2.52. The van der Waals surface area contributed by atoms with E-state index in [-0.39, 0.29) is 42.6 Å². The van der Waals surface area contributed by atoms with Crippen molar-refractivity contribution >= 4 is 23.6 Å². The van der Waals surface area contributed by atoms with Crippen molar-refractivity contribution in [3.8, 4) is 0 Å². The third kappa shape index (κ3) is 8.28. The van der Waals surface area contributed by atoms with E-state index in [2.05, 4.69) is 17.2 Å². The average molecular weight is 545 g/mol. The van der Waals surface area contributed by atoms with Crippen molar-refractivity contribution in [3.05, 3.63) is 23.5 Å². The summed E-state index contributed by atoms with van der Waals surface area (Å²) in [5.74, 6) is -0.111. The first-order chi connectivity index (χ1) is 19.0. The predicted molar refractivity (Wildman–Crippen MR) is 139 cm³/mol. The minimum Gasteiger partial charge on any atom is -0.462 e. The fourth-order valence-corrected chi connectivity index (χ4v) is 5.38. The van der Waals surface area contributed by atoms with E-state index in [4.69, 9.17) is 14.2 Å². The van der Waals surface area contributed by atoms with Crippen molar-refractivity contribution in [3.63, 3.8) is 0 Å². The lowest BCUT2D eigenvalue weighted by atomic mass is 10.0. The molecule has 39 heavy (non-hydrogen) atoms. The number of carbonyl (C=O) groups is 4. The minimum atomic E-state index is -0.371. The van der Waals surface area contributed by atoms with E-state index in [1.54, 1.807) is 0 Å². The maximum absolute atomic E-state index is 12.4. The summed E-state index contributed by atoms with van der Waals surface area (Å²) in [6, 6.07) is 0.